The standard InChI is InChI=1S/C58H39N/c1-2-12-40(13-3-1)41-24-31-48(32-25-41)59(49-33-26-42(27-34-49)45-16-10-17-47(38-45)52-23-11-15-44-14-4-5-18-51(44)52)50-35-28-43(29-36-50)46-30-37-57-55-21-7-6-19-53(55)54-20-8-9-22-56(54)58(57)39-46/h1-39H. The Kier molecular flexibility index (Phi) is 8.56. The van der Waals surface area contributed by atoms with Crippen LogP contribution in [0.1, 0.15) is 0 Å². The second-order valence-corrected chi connectivity index (χ2v) is 15.3. The lowest BCUT2D eigenvalue weighted by Gasteiger charge is -2.26. The van der Waals surface area contributed by atoms with Crippen molar-refractivity contribution in [2.45, 2.75) is 0 Å². The Balaban J connectivity index is 0.966. The Morgan fingerprint density at radius 2 is 0.576 bits per heavy atom. The number of rotatable bonds is 7. The molecular weight excluding hydrogens is 711 g/mol. The van der Waals surface area contributed by atoms with E-state index in [1.54, 1.807) is 0 Å². The number of hydrogen-bond donors (Lipinski definition) is 0. The normalized spacial score (nSPS) is 11.4. The lowest BCUT2D eigenvalue weighted by atomic mass is 9.92. The monoisotopic (exact) mass is 749 g/mol. The highest BCUT2D eigenvalue weighted by Gasteiger charge is 2.15. The van der Waals surface area contributed by atoms with Gasteiger partial charge in [0.15, 0.2) is 0 Å². The first-order valence-electron chi connectivity index (χ1n) is 20.3. The molecule has 0 aliphatic heterocycles. The highest BCUT2D eigenvalue weighted by atomic mass is 15.1. The Morgan fingerprint density at radius 1 is 0.203 bits per heavy atom. The van der Waals surface area contributed by atoms with E-state index in [1.165, 1.54) is 87.6 Å². The molecule has 59 heavy (non-hydrogen) atoms. The molecule has 0 aromatic heterocycles. The molecule has 0 atom stereocenters. The van der Waals surface area contributed by atoms with Crippen LogP contribution >= 0.6 is 0 Å². The number of benzene rings is 11. The third-order valence-electron chi connectivity index (χ3n) is 11.9. The van der Waals surface area contributed by atoms with Crippen LogP contribution in [0.3, 0.4) is 0 Å². The molecule has 11 rings (SSSR count). The maximum atomic E-state index is 2.37. The van der Waals surface area contributed by atoms with Crippen LogP contribution in [0.5, 0.6) is 0 Å². The molecule has 0 N–H and O–H groups in total. The van der Waals surface area contributed by atoms with Gasteiger partial charge in [-0.25, -0.2) is 0 Å². The predicted octanol–water partition coefficient (Wildman–Crippen LogP) is 16.4. The minimum Gasteiger partial charge on any atom is -0.311 e. The first-order valence-corrected chi connectivity index (χ1v) is 20.3. The average molecular weight is 750 g/mol. The Morgan fingerprint density at radius 3 is 1.17 bits per heavy atom. The number of hydrogen-bond acceptors (Lipinski definition) is 1. The lowest BCUT2D eigenvalue weighted by Crippen LogP contribution is -2.09. The molecule has 0 amide bonds. The van der Waals surface area contributed by atoms with Gasteiger partial charge in [-0.2, -0.15) is 0 Å². The zero-order valence-electron chi connectivity index (χ0n) is 32.5. The van der Waals surface area contributed by atoms with E-state index in [9.17, 15) is 0 Å². The van der Waals surface area contributed by atoms with Crippen LogP contribution in [-0.2, 0) is 0 Å². The summed E-state index contributed by atoms with van der Waals surface area (Å²) in [5.41, 5.74) is 13.0. The summed E-state index contributed by atoms with van der Waals surface area (Å²) in [4.78, 5) is 2.36. The average Bonchev–Trinajstić information content (AvgIpc) is 3.32. The molecule has 0 saturated carbocycles. The molecule has 0 radical (unpaired) electrons. The highest BCUT2D eigenvalue weighted by molar-refractivity contribution is 6.25. The summed E-state index contributed by atoms with van der Waals surface area (Å²) < 4.78 is 0. The van der Waals surface area contributed by atoms with Crippen LogP contribution in [-0.4, -0.2) is 0 Å². The Labute approximate surface area is 344 Å². The third-order valence-corrected chi connectivity index (χ3v) is 11.9. The third kappa shape index (κ3) is 6.30. The van der Waals surface area contributed by atoms with Gasteiger partial charge in [0.05, 0.1) is 0 Å². The van der Waals surface area contributed by atoms with E-state index in [1.807, 2.05) is 0 Å². The van der Waals surface area contributed by atoms with Crippen molar-refractivity contribution in [3.05, 3.63) is 237 Å². The Hall–Kier alpha value is -7.74. The maximum absolute atomic E-state index is 2.37. The Bertz CT molecular complexity index is 3250. The molecule has 276 valence electrons. The molecule has 11 aromatic rings. The van der Waals surface area contributed by atoms with Gasteiger partial charge < -0.3 is 4.90 Å². The summed E-state index contributed by atoms with van der Waals surface area (Å²) in [6.45, 7) is 0. The second kappa shape index (κ2) is 14.6. The van der Waals surface area contributed by atoms with Gasteiger partial charge in [0.2, 0.25) is 0 Å². The summed E-state index contributed by atoms with van der Waals surface area (Å²) in [6, 6.07) is 86.1. The summed E-state index contributed by atoms with van der Waals surface area (Å²) in [5, 5.41) is 10.3. The van der Waals surface area contributed by atoms with E-state index in [-0.39, 0.29) is 0 Å². The zero-order chi connectivity index (χ0) is 39.1. The van der Waals surface area contributed by atoms with Crippen molar-refractivity contribution in [2.75, 3.05) is 4.90 Å². The molecule has 0 unspecified atom stereocenters. The molecule has 1 heteroatoms. The van der Waals surface area contributed by atoms with E-state index in [2.05, 4.69) is 241 Å². The molecule has 0 aliphatic carbocycles. The van der Waals surface area contributed by atoms with E-state index >= 15 is 0 Å². The molecule has 11 aromatic carbocycles. The topological polar surface area (TPSA) is 3.24 Å². The molecule has 0 aliphatic rings. The second-order valence-electron chi connectivity index (χ2n) is 15.3. The van der Waals surface area contributed by atoms with Crippen LogP contribution < -0.4 is 4.90 Å². The molecule has 0 heterocycles. The summed E-state index contributed by atoms with van der Waals surface area (Å²) in [7, 11) is 0. The van der Waals surface area contributed by atoms with E-state index < -0.39 is 0 Å². The lowest BCUT2D eigenvalue weighted by molar-refractivity contribution is 1.28. The van der Waals surface area contributed by atoms with Crippen molar-refractivity contribution in [1.29, 1.82) is 0 Å². The fraction of sp³-hybridized carbons (Fsp3) is 0. The molecule has 0 spiro atoms. The number of fused-ring (bicyclic) bond motifs is 7. The summed E-state index contributed by atoms with van der Waals surface area (Å²) in [6.07, 6.45) is 0. The minimum atomic E-state index is 1.10. The zero-order valence-corrected chi connectivity index (χ0v) is 32.5. The first kappa shape index (κ1) is 34.5. The van der Waals surface area contributed by atoms with Gasteiger partial charge in [-0.15, -0.1) is 0 Å². The van der Waals surface area contributed by atoms with Crippen molar-refractivity contribution in [1.82, 2.24) is 0 Å². The minimum absolute atomic E-state index is 1.10. The van der Waals surface area contributed by atoms with Gasteiger partial charge in [0, 0.05) is 17.1 Å². The number of nitrogens with zero attached hydrogens (tertiary/aromatic N) is 1. The quantitative estimate of drug-likeness (QED) is 0.147. The molecule has 0 fully saturated rings. The SMILES string of the molecule is c1ccc(-c2ccc(N(c3ccc(-c4cccc(-c5cccc6ccccc56)c4)cc3)c3ccc(-c4ccc5c6ccccc6c6ccccc6c5c4)cc3)cc2)cc1. The van der Waals surface area contributed by atoms with Crippen molar-refractivity contribution in [3.8, 4) is 44.5 Å². The van der Waals surface area contributed by atoms with Crippen molar-refractivity contribution < 1.29 is 0 Å². The highest BCUT2D eigenvalue weighted by Crippen LogP contribution is 2.40. The van der Waals surface area contributed by atoms with Crippen LogP contribution in [0, 0.1) is 0 Å². The van der Waals surface area contributed by atoms with Crippen molar-refractivity contribution in [2.24, 2.45) is 0 Å². The van der Waals surface area contributed by atoms with Gasteiger partial charge >= 0.3 is 0 Å². The first-order chi connectivity index (χ1) is 29.2. The molecule has 0 saturated heterocycles. The van der Waals surface area contributed by atoms with Crippen molar-refractivity contribution >= 4 is 60.2 Å². The maximum Gasteiger partial charge on any atom is 0.0462 e. The van der Waals surface area contributed by atoms with E-state index in [4.69, 9.17) is 0 Å². The smallest absolute Gasteiger partial charge is 0.0462 e. The number of anilines is 3. The largest absolute Gasteiger partial charge is 0.311 e. The predicted molar refractivity (Wildman–Crippen MR) is 253 cm³/mol. The van der Waals surface area contributed by atoms with Gasteiger partial charge in [-0.3, -0.25) is 0 Å². The fourth-order valence-corrected chi connectivity index (χ4v) is 8.92. The van der Waals surface area contributed by atoms with Gasteiger partial charge in [-0.1, -0.05) is 188 Å². The molecule has 0 bridgehead atoms. The fourth-order valence-electron chi connectivity index (χ4n) is 8.92. The van der Waals surface area contributed by atoms with Crippen LogP contribution in [0.25, 0.3) is 87.6 Å². The summed E-state index contributed by atoms with van der Waals surface area (Å²) >= 11 is 0. The van der Waals surface area contributed by atoms with E-state index in [0.717, 1.165) is 17.1 Å². The van der Waals surface area contributed by atoms with Gasteiger partial charge in [-0.05, 0) is 136 Å². The van der Waals surface area contributed by atoms with Gasteiger partial charge in [0.25, 0.3) is 0 Å². The van der Waals surface area contributed by atoms with Crippen molar-refractivity contribution in [3.63, 3.8) is 0 Å². The van der Waals surface area contributed by atoms with Crippen LogP contribution in [0.15, 0.2) is 237 Å². The van der Waals surface area contributed by atoms with Gasteiger partial charge in [0.1, 0.15) is 0 Å². The van der Waals surface area contributed by atoms with Crippen LogP contribution in [0.4, 0.5) is 17.1 Å². The summed E-state index contributed by atoms with van der Waals surface area (Å²) in [5.74, 6) is 0. The van der Waals surface area contributed by atoms with E-state index in [0.29, 0.717) is 0 Å². The van der Waals surface area contributed by atoms with Crippen LogP contribution in [0.2, 0.25) is 0 Å². The molecule has 1 nitrogen and oxygen atoms in total. The molecular formula is C58H39N.